The van der Waals surface area contributed by atoms with Crippen LogP contribution in [0.5, 0.6) is 0 Å². The Morgan fingerprint density at radius 2 is 1.86 bits per heavy atom. The number of nitrogens with one attached hydrogen (secondary N) is 2. The van der Waals surface area contributed by atoms with E-state index in [2.05, 4.69) is 14.7 Å². The van der Waals surface area contributed by atoms with Crippen LogP contribution >= 0.6 is 0 Å². The molecular weight excluding hydrogens is 286 g/mol. The highest BCUT2D eigenvalue weighted by Crippen LogP contribution is 2.12. The lowest BCUT2D eigenvalue weighted by atomic mass is 10.2. The van der Waals surface area contributed by atoms with Crippen LogP contribution in [0.1, 0.15) is 11.1 Å². The van der Waals surface area contributed by atoms with Crippen molar-refractivity contribution in [3.63, 3.8) is 0 Å². The van der Waals surface area contributed by atoms with Crippen molar-refractivity contribution in [3.05, 3.63) is 66.0 Å². The molecule has 2 aromatic carbocycles. The van der Waals surface area contributed by atoms with Gasteiger partial charge in [0.1, 0.15) is 0 Å². The minimum Gasteiger partial charge on any atom is -0.345 e. The summed E-state index contributed by atoms with van der Waals surface area (Å²) in [6, 6.07) is 14.8. The van der Waals surface area contributed by atoms with Gasteiger partial charge in [-0.25, -0.2) is 18.1 Å². The Bertz CT molecular complexity index is 841. The lowest BCUT2D eigenvalue weighted by Gasteiger charge is -2.07. The number of nitrogens with zero attached hydrogens (tertiary/aromatic N) is 1. The molecule has 0 saturated heterocycles. The van der Waals surface area contributed by atoms with Crippen LogP contribution in [0.2, 0.25) is 0 Å². The lowest BCUT2D eigenvalue weighted by Crippen LogP contribution is -2.24. The molecule has 3 aromatic rings. The molecule has 1 heterocycles. The minimum absolute atomic E-state index is 0.0137. The Balaban J connectivity index is 1.68. The zero-order valence-corrected chi connectivity index (χ0v) is 12.1. The second-order valence-corrected chi connectivity index (χ2v) is 6.63. The Labute approximate surface area is 123 Å². The standard InChI is InChI=1S/C15H15N3O2S/c19-21(20,10-12-4-2-1-3-5-12)18-9-13-6-7-14-15(8-13)17-11-16-14/h1-8,11,18H,9-10H2,(H,16,17). The van der Waals surface area contributed by atoms with E-state index in [9.17, 15) is 8.42 Å². The van der Waals surface area contributed by atoms with Crippen LogP contribution in [0.4, 0.5) is 0 Å². The fourth-order valence-electron chi connectivity index (χ4n) is 2.13. The summed E-state index contributed by atoms with van der Waals surface area (Å²) in [6.07, 6.45) is 1.62. The molecule has 6 heteroatoms. The summed E-state index contributed by atoms with van der Waals surface area (Å²) in [5.41, 5.74) is 3.43. The number of hydrogen-bond donors (Lipinski definition) is 2. The molecule has 0 fully saturated rings. The van der Waals surface area contributed by atoms with Crippen LogP contribution in [0.15, 0.2) is 54.9 Å². The average Bonchev–Trinajstić information content (AvgIpc) is 2.93. The summed E-state index contributed by atoms with van der Waals surface area (Å²) >= 11 is 0. The van der Waals surface area contributed by atoms with E-state index in [0.29, 0.717) is 0 Å². The van der Waals surface area contributed by atoms with Crippen molar-refractivity contribution < 1.29 is 8.42 Å². The molecule has 21 heavy (non-hydrogen) atoms. The number of rotatable bonds is 5. The molecule has 1 aromatic heterocycles. The van der Waals surface area contributed by atoms with E-state index in [4.69, 9.17) is 0 Å². The predicted molar refractivity (Wildman–Crippen MR) is 82.0 cm³/mol. The van der Waals surface area contributed by atoms with Gasteiger partial charge in [-0.2, -0.15) is 0 Å². The van der Waals surface area contributed by atoms with Crippen LogP contribution in [-0.4, -0.2) is 18.4 Å². The first-order valence-corrected chi connectivity index (χ1v) is 8.21. The van der Waals surface area contributed by atoms with E-state index < -0.39 is 10.0 Å². The number of imidazole rings is 1. The van der Waals surface area contributed by atoms with Gasteiger partial charge in [0.05, 0.1) is 23.1 Å². The number of aromatic amines is 1. The first kappa shape index (κ1) is 13.8. The maximum absolute atomic E-state index is 12.1. The van der Waals surface area contributed by atoms with E-state index in [-0.39, 0.29) is 12.3 Å². The van der Waals surface area contributed by atoms with E-state index in [1.54, 1.807) is 18.5 Å². The molecule has 0 radical (unpaired) electrons. The fraction of sp³-hybridized carbons (Fsp3) is 0.133. The van der Waals surface area contributed by atoms with Gasteiger partial charge in [0, 0.05) is 6.54 Å². The number of H-pyrrole nitrogens is 1. The second-order valence-electron chi connectivity index (χ2n) is 4.82. The smallest absolute Gasteiger partial charge is 0.216 e. The summed E-state index contributed by atoms with van der Waals surface area (Å²) in [7, 11) is -3.35. The highest BCUT2D eigenvalue weighted by atomic mass is 32.2. The first-order chi connectivity index (χ1) is 10.1. The van der Waals surface area contributed by atoms with E-state index in [0.717, 1.165) is 22.2 Å². The Morgan fingerprint density at radius 3 is 2.67 bits per heavy atom. The van der Waals surface area contributed by atoms with E-state index >= 15 is 0 Å². The van der Waals surface area contributed by atoms with Gasteiger partial charge in [-0.15, -0.1) is 0 Å². The molecule has 0 amide bonds. The SMILES string of the molecule is O=S(=O)(Cc1ccccc1)NCc1ccc2nc[nH]c2c1. The molecule has 0 aliphatic rings. The van der Waals surface area contributed by atoms with Gasteiger partial charge >= 0.3 is 0 Å². The number of hydrogen-bond acceptors (Lipinski definition) is 3. The zero-order chi connectivity index (χ0) is 14.7. The molecule has 0 spiro atoms. The van der Waals surface area contributed by atoms with Gasteiger partial charge in [-0.3, -0.25) is 0 Å². The molecule has 0 saturated carbocycles. The molecule has 5 nitrogen and oxygen atoms in total. The Kier molecular flexibility index (Phi) is 3.72. The zero-order valence-electron chi connectivity index (χ0n) is 11.3. The van der Waals surface area contributed by atoms with Crippen molar-refractivity contribution in [3.8, 4) is 0 Å². The van der Waals surface area contributed by atoms with E-state index in [1.807, 2.05) is 36.4 Å². The van der Waals surface area contributed by atoms with Crippen LogP contribution < -0.4 is 4.72 Å². The molecular formula is C15H15N3O2S. The van der Waals surface area contributed by atoms with Gasteiger partial charge in [0.25, 0.3) is 0 Å². The molecule has 0 unspecified atom stereocenters. The number of sulfonamides is 1. The first-order valence-electron chi connectivity index (χ1n) is 6.56. The number of aromatic nitrogens is 2. The number of benzene rings is 2. The second kappa shape index (κ2) is 5.67. The Hall–Kier alpha value is -2.18. The highest BCUT2D eigenvalue weighted by molar-refractivity contribution is 7.88. The average molecular weight is 301 g/mol. The summed E-state index contributed by atoms with van der Waals surface area (Å²) in [6.45, 7) is 0.268. The largest absolute Gasteiger partial charge is 0.345 e. The quantitative estimate of drug-likeness (QED) is 0.758. The molecule has 0 aliphatic carbocycles. The summed E-state index contributed by atoms with van der Waals surface area (Å²) in [5, 5.41) is 0. The molecule has 2 N–H and O–H groups in total. The van der Waals surface area contributed by atoms with Gasteiger partial charge in [0.15, 0.2) is 0 Å². The highest BCUT2D eigenvalue weighted by Gasteiger charge is 2.11. The molecule has 108 valence electrons. The fourth-order valence-corrected chi connectivity index (χ4v) is 3.25. The van der Waals surface area contributed by atoms with Gasteiger partial charge in [0.2, 0.25) is 10.0 Å². The molecule has 0 atom stereocenters. The van der Waals surface area contributed by atoms with Crippen molar-refractivity contribution in [1.82, 2.24) is 14.7 Å². The maximum Gasteiger partial charge on any atom is 0.216 e. The van der Waals surface area contributed by atoms with Crippen LogP contribution in [0.25, 0.3) is 11.0 Å². The van der Waals surface area contributed by atoms with E-state index in [1.165, 1.54) is 0 Å². The van der Waals surface area contributed by atoms with Gasteiger partial charge < -0.3 is 4.98 Å². The summed E-state index contributed by atoms with van der Waals surface area (Å²) in [4.78, 5) is 7.14. The van der Waals surface area contributed by atoms with Crippen LogP contribution in [0, 0.1) is 0 Å². The van der Waals surface area contributed by atoms with Crippen molar-refractivity contribution >= 4 is 21.1 Å². The molecule has 0 bridgehead atoms. The minimum atomic E-state index is -3.35. The van der Waals surface area contributed by atoms with Crippen molar-refractivity contribution in [2.45, 2.75) is 12.3 Å². The maximum atomic E-state index is 12.1. The lowest BCUT2D eigenvalue weighted by molar-refractivity contribution is 0.580. The number of fused-ring (bicyclic) bond motifs is 1. The third kappa shape index (κ3) is 3.48. The van der Waals surface area contributed by atoms with Crippen molar-refractivity contribution in [1.29, 1.82) is 0 Å². The summed E-state index contributed by atoms with van der Waals surface area (Å²) < 4.78 is 26.7. The topological polar surface area (TPSA) is 74.8 Å². The third-order valence-corrected chi connectivity index (χ3v) is 4.48. The normalized spacial score (nSPS) is 11.8. The predicted octanol–water partition coefficient (Wildman–Crippen LogP) is 2.18. The van der Waals surface area contributed by atoms with Crippen molar-refractivity contribution in [2.24, 2.45) is 0 Å². The monoisotopic (exact) mass is 301 g/mol. The Morgan fingerprint density at radius 1 is 1.05 bits per heavy atom. The summed E-state index contributed by atoms with van der Waals surface area (Å²) in [5.74, 6) is -0.0137. The van der Waals surface area contributed by atoms with Crippen molar-refractivity contribution in [2.75, 3.05) is 0 Å². The van der Waals surface area contributed by atoms with Gasteiger partial charge in [-0.1, -0.05) is 36.4 Å². The van der Waals surface area contributed by atoms with Crippen LogP contribution in [0.3, 0.4) is 0 Å². The molecule has 0 aliphatic heterocycles. The van der Waals surface area contributed by atoms with Gasteiger partial charge in [-0.05, 0) is 23.3 Å². The van der Waals surface area contributed by atoms with Crippen LogP contribution in [-0.2, 0) is 22.3 Å². The third-order valence-electron chi connectivity index (χ3n) is 3.18. The molecule has 3 rings (SSSR count).